The van der Waals surface area contributed by atoms with Crippen LogP contribution in [-0.4, -0.2) is 12.5 Å². The molecule has 3 aromatic rings. The summed E-state index contributed by atoms with van der Waals surface area (Å²) in [6.07, 6.45) is 1.56. The summed E-state index contributed by atoms with van der Waals surface area (Å²) in [5.41, 5.74) is 4.39. The predicted molar refractivity (Wildman–Crippen MR) is 152 cm³/mol. The molecule has 0 aliphatic rings. The first kappa shape index (κ1) is 26.0. The third-order valence-electron chi connectivity index (χ3n) is 4.95. The number of amides is 1. The van der Waals surface area contributed by atoms with E-state index in [1.54, 1.807) is 12.1 Å². The first-order chi connectivity index (χ1) is 16.3. The lowest BCUT2D eigenvalue weighted by Crippen LogP contribution is -2.14. The Bertz CT molecular complexity index is 1260. The Morgan fingerprint density at radius 3 is 2.47 bits per heavy atom. The van der Waals surface area contributed by atoms with Crippen LogP contribution in [0.15, 0.2) is 60.2 Å². The van der Waals surface area contributed by atoms with Crippen molar-refractivity contribution >= 4 is 62.9 Å². The maximum absolute atomic E-state index is 12.8. The van der Waals surface area contributed by atoms with Crippen molar-refractivity contribution in [3.05, 3.63) is 89.6 Å². The minimum Gasteiger partial charge on any atom is -0.490 e. The van der Waals surface area contributed by atoms with Crippen molar-refractivity contribution in [2.75, 3.05) is 11.9 Å². The first-order valence-electron chi connectivity index (χ1n) is 10.6. The van der Waals surface area contributed by atoms with Gasteiger partial charge < -0.3 is 14.8 Å². The van der Waals surface area contributed by atoms with Crippen LogP contribution in [0.4, 0.5) is 5.69 Å². The molecule has 1 N–H and O–H groups in total. The molecule has 0 bridgehead atoms. The molecule has 0 aliphatic carbocycles. The molecular weight excluding hydrogens is 654 g/mol. The van der Waals surface area contributed by atoms with Crippen LogP contribution in [0.1, 0.15) is 29.2 Å². The van der Waals surface area contributed by atoms with E-state index in [4.69, 9.17) is 9.47 Å². The predicted octanol–water partition coefficient (Wildman–Crippen LogP) is 7.04. The number of anilines is 1. The lowest BCUT2D eigenvalue weighted by molar-refractivity contribution is -0.112. The van der Waals surface area contributed by atoms with Crippen molar-refractivity contribution < 1.29 is 14.3 Å². The lowest BCUT2D eigenvalue weighted by atomic mass is 10.1. The van der Waals surface area contributed by atoms with Gasteiger partial charge in [0.05, 0.1) is 10.2 Å². The molecule has 0 fully saturated rings. The van der Waals surface area contributed by atoms with Gasteiger partial charge in [0.1, 0.15) is 18.2 Å². The molecule has 0 atom stereocenters. The number of ether oxygens (including phenoxy) is 2. The fourth-order valence-electron chi connectivity index (χ4n) is 3.19. The Balaban J connectivity index is 1.85. The number of nitriles is 1. The maximum Gasteiger partial charge on any atom is 0.266 e. The van der Waals surface area contributed by atoms with Gasteiger partial charge in [-0.2, -0.15) is 5.26 Å². The molecule has 174 valence electrons. The monoisotopic (exact) mass is 678 g/mol. The average molecular weight is 678 g/mol. The fraction of sp³-hybridized carbons (Fsp3) is 0.185. The Labute approximate surface area is 227 Å². The highest BCUT2D eigenvalue weighted by molar-refractivity contribution is 14.1. The number of halogens is 2. The van der Waals surface area contributed by atoms with Crippen LogP contribution in [0, 0.1) is 32.3 Å². The van der Waals surface area contributed by atoms with Gasteiger partial charge in [-0.15, -0.1) is 0 Å². The molecule has 7 heteroatoms. The SMILES string of the molecule is CCOc1cc(/C=C(\C#N)C(=O)Nc2cc(C)ccc2C)cc(I)c1OCc1ccc(I)cc1. The second kappa shape index (κ2) is 12.2. The Morgan fingerprint density at radius 1 is 1.06 bits per heavy atom. The van der Waals surface area contributed by atoms with Gasteiger partial charge in [-0.25, -0.2) is 0 Å². The Morgan fingerprint density at radius 2 is 1.79 bits per heavy atom. The second-order valence-electron chi connectivity index (χ2n) is 7.62. The van der Waals surface area contributed by atoms with Crippen molar-refractivity contribution in [1.29, 1.82) is 5.26 Å². The van der Waals surface area contributed by atoms with Crippen LogP contribution in [-0.2, 0) is 11.4 Å². The van der Waals surface area contributed by atoms with Gasteiger partial charge in [0.25, 0.3) is 5.91 Å². The highest BCUT2D eigenvalue weighted by Gasteiger charge is 2.15. The molecule has 0 heterocycles. The highest BCUT2D eigenvalue weighted by Crippen LogP contribution is 2.35. The molecular formula is C27H24I2N2O3. The van der Waals surface area contributed by atoms with Crippen molar-refractivity contribution in [2.24, 2.45) is 0 Å². The maximum atomic E-state index is 12.8. The molecule has 3 aromatic carbocycles. The summed E-state index contributed by atoms with van der Waals surface area (Å²) >= 11 is 4.45. The molecule has 0 saturated heterocycles. The topological polar surface area (TPSA) is 71.3 Å². The number of benzene rings is 3. The standard InChI is InChI=1S/C27H24I2N2O3/c1-4-33-25-14-20(13-23(29)26(25)34-16-19-7-9-22(28)10-8-19)12-21(15-30)27(32)31-24-11-17(2)5-6-18(24)3/h5-14H,4,16H2,1-3H3,(H,31,32)/b21-12+. The summed E-state index contributed by atoms with van der Waals surface area (Å²) in [5, 5.41) is 12.5. The highest BCUT2D eigenvalue weighted by atomic mass is 127. The van der Waals surface area contributed by atoms with Gasteiger partial charge >= 0.3 is 0 Å². The number of hydrogen-bond donors (Lipinski definition) is 1. The van der Waals surface area contributed by atoms with E-state index in [0.717, 1.165) is 23.8 Å². The van der Waals surface area contributed by atoms with E-state index >= 15 is 0 Å². The van der Waals surface area contributed by atoms with Crippen molar-refractivity contribution in [3.8, 4) is 17.6 Å². The van der Waals surface area contributed by atoms with Gasteiger partial charge in [-0.1, -0.05) is 24.3 Å². The van der Waals surface area contributed by atoms with E-state index in [2.05, 4.69) is 50.5 Å². The molecule has 0 radical (unpaired) electrons. The summed E-state index contributed by atoms with van der Waals surface area (Å²) in [5.74, 6) is 0.748. The number of nitrogens with zero attached hydrogens (tertiary/aromatic N) is 1. The first-order valence-corrected chi connectivity index (χ1v) is 12.8. The average Bonchev–Trinajstić information content (AvgIpc) is 2.80. The number of carbonyl (C=O) groups excluding carboxylic acids is 1. The van der Waals surface area contributed by atoms with Crippen LogP contribution in [0.5, 0.6) is 11.5 Å². The van der Waals surface area contributed by atoms with Gasteiger partial charge in [0.15, 0.2) is 11.5 Å². The minimum absolute atomic E-state index is 0.00621. The molecule has 1 amide bonds. The largest absolute Gasteiger partial charge is 0.490 e. The van der Waals surface area contributed by atoms with Crippen molar-refractivity contribution in [2.45, 2.75) is 27.4 Å². The number of hydrogen-bond acceptors (Lipinski definition) is 4. The molecule has 3 rings (SSSR count). The molecule has 0 aromatic heterocycles. The van der Waals surface area contributed by atoms with Gasteiger partial charge in [0.2, 0.25) is 0 Å². The third kappa shape index (κ3) is 6.96. The number of aryl methyl sites for hydroxylation is 2. The molecule has 0 saturated carbocycles. The lowest BCUT2D eigenvalue weighted by Gasteiger charge is -2.15. The Kier molecular flexibility index (Phi) is 9.36. The smallest absolute Gasteiger partial charge is 0.266 e. The molecule has 0 aliphatic heterocycles. The number of rotatable bonds is 8. The minimum atomic E-state index is -0.455. The fourth-order valence-corrected chi connectivity index (χ4v) is 4.33. The third-order valence-corrected chi connectivity index (χ3v) is 6.47. The zero-order chi connectivity index (χ0) is 24.7. The van der Waals surface area contributed by atoms with E-state index in [1.807, 2.05) is 75.4 Å². The van der Waals surface area contributed by atoms with Crippen LogP contribution in [0.2, 0.25) is 0 Å². The molecule has 0 unspecified atom stereocenters. The number of nitrogens with one attached hydrogen (secondary N) is 1. The van der Waals surface area contributed by atoms with Gasteiger partial charge in [-0.3, -0.25) is 4.79 Å². The summed E-state index contributed by atoms with van der Waals surface area (Å²) < 4.78 is 13.9. The quantitative estimate of drug-likeness (QED) is 0.158. The molecule has 34 heavy (non-hydrogen) atoms. The molecule has 0 spiro atoms. The normalized spacial score (nSPS) is 11.0. The van der Waals surface area contributed by atoms with Crippen LogP contribution in [0.3, 0.4) is 0 Å². The van der Waals surface area contributed by atoms with Crippen LogP contribution >= 0.6 is 45.2 Å². The van der Waals surface area contributed by atoms with Crippen LogP contribution in [0.25, 0.3) is 6.08 Å². The van der Waals surface area contributed by atoms with Crippen LogP contribution < -0.4 is 14.8 Å². The summed E-state index contributed by atoms with van der Waals surface area (Å²) in [4.78, 5) is 12.8. The number of carbonyl (C=O) groups is 1. The summed E-state index contributed by atoms with van der Waals surface area (Å²) in [6, 6.07) is 19.6. The summed E-state index contributed by atoms with van der Waals surface area (Å²) in [7, 11) is 0. The van der Waals surface area contributed by atoms with Gasteiger partial charge in [0, 0.05) is 9.26 Å². The van der Waals surface area contributed by atoms with Crippen molar-refractivity contribution in [1.82, 2.24) is 0 Å². The van der Waals surface area contributed by atoms with E-state index < -0.39 is 5.91 Å². The zero-order valence-corrected chi connectivity index (χ0v) is 23.4. The second-order valence-corrected chi connectivity index (χ2v) is 10.0. The Hall–Kier alpha value is -2.58. The molecule has 5 nitrogen and oxygen atoms in total. The van der Waals surface area contributed by atoms with Gasteiger partial charge in [-0.05, 0) is 125 Å². The van der Waals surface area contributed by atoms with E-state index in [1.165, 1.54) is 0 Å². The van der Waals surface area contributed by atoms with E-state index in [0.29, 0.717) is 36.0 Å². The van der Waals surface area contributed by atoms with Crippen molar-refractivity contribution in [3.63, 3.8) is 0 Å². The zero-order valence-electron chi connectivity index (χ0n) is 19.1. The summed E-state index contributed by atoms with van der Waals surface area (Å²) in [6.45, 7) is 6.63. The van der Waals surface area contributed by atoms with E-state index in [-0.39, 0.29) is 5.57 Å². The van der Waals surface area contributed by atoms with E-state index in [9.17, 15) is 10.1 Å².